The topological polar surface area (TPSA) is 111 Å². The number of nitrogens with one attached hydrogen (secondary N) is 1. The number of ether oxygens (including phenoxy) is 3. The van der Waals surface area contributed by atoms with E-state index in [0.29, 0.717) is 23.5 Å². The molecular weight excluding hydrogens is 448 g/mol. The predicted molar refractivity (Wildman–Crippen MR) is 120 cm³/mol. The highest BCUT2D eigenvalue weighted by molar-refractivity contribution is 7.89. The molecule has 176 valence electrons. The van der Waals surface area contributed by atoms with Crippen LogP contribution in [0.4, 0.5) is 5.69 Å². The van der Waals surface area contributed by atoms with E-state index in [-0.39, 0.29) is 29.2 Å². The number of amides is 2. The monoisotopic (exact) mass is 474 g/mol. The van der Waals surface area contributed by atoms with Crippen LogP contribution in [0.3, 0.4) is 0 Å². The van der Waals surface area contributed by atoms with Crippen molar-refractivity contribution in [1.29, 1.82) is 0 Å². The number of anilines is 1. The Hall–Kier alpha value is -3.11. The van der Waals surface area contributed by atoms with Crippen LogP contribution in [0.2, 0.25) is 0 Å². The van der Waals surface area contributed by atoms with Gasteiger partial charge in [0.25, 0.3) is 0 Å². The fraction of sp³-hybridized carbons (Fsp3) is 0.391. The third-order valence-electron chi connectivity index (χ3n) is 5.73. The number of hydrogen-bond donors (Lipinski definition) is 1. The van der Waals surface area contributed by atoms with Gasteiger partial charge in [-0.15, -0.1) is 0 Å². The molecule has 2 aliphatic heterocycles. The van der Waals surface area contributed by atoms with Crippen molar-refractivity contribution in [2.45, 2.75) is 49.6 Å². The third-order valence-corrected chi connectivity index (χ3v) is 7.20. The molecule has 1 atom stereocenters. The van der Waals surface area contributed by atoms with Gasteiger partial charge in [0.05, 0.1) is 30.8 Å². The van der Waals surface area contributed by atoms with E-state index >= 15 is 0 Å². The number of imide groups is 1. The van der Waals surface area contributed by atoms with Gasteiger partial charge in [0, 0.05) is 30.9 Å². The highest BCUT2D eigenvalue weighted by atomic mass is 32.2. The molecule has 1 unspecified atom stereocenters. The Morgan fingerprint density at radius 2 is 1.73 bits per heavy atom. The van der Waals surface area contributed by atoms with E-state index in [9.17, 15) is 18.0 Å². The summed E-state index contributed by atoms with van der Waals surface area (Å²) in [4.78, 5) is 25.4. The minimum absolute atomic E-state index is 0.0780. The molecule has 1 saturated heterocycles. The molecular formula is C23H26N2O7S. The van der Waals surface area contributed by atoms with Crippen LogP contribution in [-0.2, 0) is 19.6 Å². The summed E-state index contributed by atoms with van der Waals surface area (Å²) >= 11 is 0. The maximum Gasteiger partial charge on any atom is 0.241 e. The van der Waals surface area contributed by atoms with Gasteiger partial charge in [-0.2, -0.15) is 0 Å². The Balaban J connectivity index is 1.71. The van der Waals surface area contributed by atoms with E-state index in [4.69, 9.17) is 14.2 Å². The number of carbonyl (C=O) groups excluding carboxylic acids is 2. The van der Waals surface area contributed by atoms with Crippen LogP contribution in [0.25, 0.3) is 0 Å². The summed E-state index contributed by atoms with van der Waals surface area (Å²) in [5.74, 6) is 0.599. The van der Waals surface area contributed by atoms with Crippen molar-refractivity contribution in [1.82, 2.24) is 4.72 Å². The van der Waals surface area contributed by atoms with Gasteiger partial charge >= 0.3 is 0 Å². The van der Waals surface area contributed by atoms with Crippen LogP contribution in [-0.4, -0.2) is 40.1 Å². The zero-order valence-electron chi connectivity index (χ0n) is 18.9. The smallest absolute Gasteiger partial charge is 0.241 e. The molecule has 1 fully saturated rings. The lowest BCUT2D eigenvalue weighted by Gasteiger charge is -2.37. The van der Waals surface area contributed by atoms with Crippen LogP contribution in [0.5, 0.6) is 17.2 Å². The molecule has 4 rings (SSSR count). The van der Waals surface area contributed by atoms with Gasteiger partial charge in [-0.25, -0.2) is 18.0 Å². The third kappa shape index (κ3) is 4.40. The number of hydrogen-bond acceptors (Lipinski definition) is 7. The number of benzene rings is 2. The summed E-state index contributed by atoms with van der Waals surface area (Å²) in [6.45, 7) is 3.76. The average Bonchev–Trinajstić information content (AvgIpc) is 3.09. The molecule has 10 heteroatoms. The zero-order chi connectivity index (χ0) is 24.0. The summed E-state index contributed by atoms with van der Waals surface area (Å²) in [5.41, 5.74) is 0.189. The molecule has 0 spiro atoms. The lowest BCUT2D eigenvalue weighted by molar-refractivity contribution is -0.121. The van der Waals surface area contributed by atoms with E-state index in [1.165, 1.54) is 25.3 Å². The number of sulfonamides is 1. The van der Waals surface area contributed by atoms with E-state index in [0.717, 1.165) is 4.90 Å². The molecule has 2 heterocycles. The van der Waals surface area contributed by atoms with Gasteiger partial charge in [-0.1, -0.05) is 6.07 Å². The standard InChI is InChI=1S/C23H26N2O7S/c1-23(2)13-17(16-7-5-14(30-3)11-20(16)32-23)24-33(28,29)15-6-8-19(31-4)18(12-15)25-21(26)9-10-22(25)27/h5-8,11-12,17,24H,9-10,13H2,1-4H3. The number of methoxy groups -OCH3 is 2. The van der Waals surface area contributed by atoms with Crippen LogP contribution < -0.4 is 23.8 Å². The maximum atomic E-state index is 13.4. The minimum Gasteiger partial charge on any atom is -0.497 e. The van der Waals surface area contributed by atoms with Gasteiger partial charge in [0.1, 0.15) is 22.8 Å². The summed E-state index contributed by atoms with van der Waals surface area (Å²) in [5, 5.41) is 0. The molecule has 9 nitrogen and oxygen atoms in total. The van der Waals surface area contributed by atoms with Gasteiger partial charge in [0.15, 0.2) is 0 Å². The lowest BCUT2D eigenvalue weighted by Crippen LogP contribution is -2.41. The first-order valence-electron chi connectivity index (χ1n) is 10.5. The Morgan fingerprint density at radius 3 is 2.36 bits per heavy atom. The molecule has 2 aromatic carbocycles. The summed E-state index contributed by atoms with van der Waals surface area (Å²) in [6, 6.07) is 8.82. The van der Waals surface area contributed by atoms with Crippen molar-refractivity contribution in [2.75, 3.05) is 19.1 Å². The fourth-order valence-electron chi connectivity index (χ4n) is 4.18. The molecule has 1 N–H and O–H groups in total. The first-order chi connectivity index (χ1) is 15.5. The molecule has 2 aromatic rings. The maximum absolute atomic E-state index is 13.4. The molecule has 0 saturated carbocycles. The molecule has 33 heavy (non-hydrogen) atoms. The van der Waals surface area contributed by atoms with Crippen LogP contribution in [0, 0.1) is 0 Å². The van der Waals surface area contributed by atoms with E-state index in [1.807, 2.05) is 13.8 Å². The first-order valence-corrected chi connectivity index (χ1v) is 12.0. The molecule has 2 amide bonds. The number of rotatable bonds is 6. The Kier molecular flexibility index (Phi) is 5.83. The average molecular weight is 475 g/mol. The van der Waals surface area contributed by atoms with Crippen LogP contribution in [0.15, 0.2) is 41.3 Å². The van der Waals surface area contributed by atoms with Crippen molar-refractivity contribution in [3.63, 3.8) is 0 Å². The summed E-state index contributed by atoms with van der Waals surface area (Å²) < 4.78 is 46.1. The lowest BCUT2D eigenvalue weighted by atomic mass is 9.90. The second kappa shape index (κ2) is 8.35. The normalized spacial score (nSPS) is 19.8. The Morgan fingerprint density at radius 1 is 1.03 bits per heavy atom. The van der Waals surface area contributed by atoms with Crippen molar-refractivity contribution >= 4 is 27.5 Å². The van der Waals surface area contributed by atoms with Gasteiger partial charge < -0.3 is 14.2 Å². The predicted octanol–water partition coefficient (Wildman–Crippen LogP) is 2.94. The molecule has 0 aromatic heterocycles. The summed E-state index contributed by atoms with van der Waals surface area (Å²) in [7, 11) is -1.08. The van der Waals surface area contributed by atoms with Crippen LogP contribution in [0.1, 0.15) is 44.7 Å². The van der Waals surface area contributed by atoms with E-state index < -0.39 is 33.5 Å². The SMILES string of the molecule is COc1ccc2c(c1)OC(C)(C)CC2NS(=O)(=O)c1ccc(OC)c(N2C(=O)CCC2=O)c1. The first kappa shape index (κ1) is 23.1. The van der Waals surface area contributed by atoms with Gasteiger partial charge in [0.2, 0.25) is 21.8 Å². The number of carbonyl (C=O) groups is 2. The second-order valence-corrected chi connectivity index (χ2v) is 10.3. The van der Waals surface area contributed by atoms with Crippen molar-refractivity contribution in [3.8, 4) is 17.2 Å². The van der Waals surface area contributed by atoms with Gasteiger partial charge in [-0.3, -0.25) is 9.59 Å². The fourth-order valence-corrected chi connectivity index (χ4v) is 5.41. The second-order valence-electron chi connectivity index (χ2n) is 8.60. The van der Waals surface area contributed by atoms with Crippen molar-refractivity contribution < 1.29 is 32.2 Å². The Bertz CT molecular complexity index is 1210. The highest BCUT2D eigenvalue weighted by Gasteiger charge is 2.37. The van der Waals surface area contributed by atoms with E-state index in [1.54, 1.807) is 25.3 Å². The van der Waals surface area contributed by atoms with Gasteiger partial charge in [-0.05, 0) is 38.1 Å². The molecule has 0 radical (unpaired) electrons. The largest absolute Gasteiger partial charge is 0.497 e. The van der Waals surface area contributed by atoms with Crippen molar-refractivity contribution in [3.05, 3.63) is 42.0 Å². The van der Waals surface area contributed by atoms with Crippen molar-refractivity contribution in [2.24, 2.45) is 0 Å². The number of fused-ring (bicyclic) bond motifs is 1. The Labute approximate surface area is 192 Å². The van der Waals surface area contributed by atoms with Crippen LogP contribution >= 0.6 is 0 Å². The highest BCUT2D eigenvalue weighted by Crippen LogP contribution is 2.42. The summed E-state index contributed by atoms with van der Waals surface area (Å²) in [6.07, 6.45) is 0.556. The quantitative estimate of drug-likeness (QED) is 0.641. The molecule has 2 aliphatic rings. The molecule has 0 bridgehead atoms. The number of nitrogens with zero attached hydrogens (tertiary/aromatic N) is 1. The molecule has 0 aliphatic carbocycles. The minimum atomic E-state index is -4.02. The zero-order valence-corrected chi connectivity index (χ0v) is 19.7. The van der Waals surface area contributed by atoms with E-state index in [2.05, 4.69) is 4.72 Å².